The van der Waals surface area contributed by atoms with Crippen LogP contribution in [0.2, 0.25) is 0 Å². The van der Waals surface area contributed by atoms with Gasteiger partial charge in [-0.1, -0.05) is 84.5 Å². The molecule has 0 unspecified atom stereocenters. The molecule has 0 saturated heterocycles. The highest BCUT2D eigenvalue weighted by atomic mass is 14.2. The van der Waals surface area contributed by atoms with E-state index in [-0.39, 0.29) is 0 Å². The van der Waals surface area contributed by atoms with Crippen LogP contribution < -0.4 is 0 Å². The molecule has 3 aliphatic rings. The zero-order valence-corrected chi connectivity index (χ0v) is 18.4. The minimum absolute atomic E-state index is 1.10. The lowest BCUT2D eigenvalue weighted by atomic mass is 9.87. The Labute approximate surface area is 186 Å². The highest BCUT2D eigenvalue weighted by molar-refractivity contribution is 5.88. The van der Waals surface area contributed by atoms with E-state index in [1.807, 2.05) is 0 Å². The summed E-state index contributed by atoms with van der Waals surface area (Å²) in [5.74, 6) is 0. The number of benzene rings is 2. The summed E-state index contributed by atoms with van der Waals surface area (Å²) < 4.78 is 0. The maximum Gasteiger partial charge on any atom is -0.0181 e. The molecule has 0 atom stereocenters. The van der Waals surface area contributed by atoms with Crippen LogP contribution in [-0.2, 0) is 0 Å². The molecule has 5 rings (SSSR count). The van der Waals surface area contributed by atoms with Gasteiger partial charge in [-0.25, -0.2) is 0 Å². The Balaban J connectivity index is 1.44. The lowest BCUT2D eigenvalue weighted by molar-refractivity contribution is 1.03. The molecule has 0 amide bonds. The van der Waals surface area contributed by atoms with Crippen LogP contribution >= 0.6 is 0 Å². The summed E-state index contributed by atoms with van der Waals surface area (Å²) >= 11 is 0. The molecule has 0 aromatic heterocycles. The Morgan fingerprint density at radius 3 is 1.87 bits per heavy atom. The monoisotopic (exact) mass is 402 g/mol. The van der Waals surface area contributed by atoms with Crippen molar-refractivity contribution in [2.45, 2.75) is 45.4 Å². The molecule has 2 aromatic carbocycles. The number of hydrogen-bond donors (Lipinski definition) is 0. The second-order valence-electron chi connectivity index (χ2n) is 8.82. The molecule has 0 fully saturated rings. The number of allylic oxidation sites excluding steroid dienone is 12. The van der Waals surface area contributed by atoms with E-state index in [4.69, 9.17) is 0 Å². The third-order valence-corrected chi connectivity index (χ3v) is 6.52. The van der Waals surface area contributed by atoms with Gasteiger partial charge in [-0.05, 0) is 102 Å². The molecule has 2 aromatic rings. The fourth-order valence-corrected chi connectivity index (χ4v) is 4.84. The average molecular weight is 403 g/mol. The Bertz CT molecular complexity index is 1170. The van der Waals surface area contributed by atoms with Crippen molar-refractivity contribution in [3.05, 3.63) is 119 Å². The first-order valence-electron chi connectivity index (χ1n) is 11.6. The second kappa shape index (κ2) is 8.94. The molecular weight excluding hydrogens is 372 g/mol. The molecule has 3 aliphatic carbocycles. The van der Waals surface area contributed by atoms with Gasteiger partial charge in [-0.2, -0.15) is 0 Å². The summed E-state index contributed by atoms with van der Waals surface area (Å²) in [6.45, 7) is 2.20. The van der Waals surface area contributed by atoms with Crippen LogP contribution in [0.5, 0.6) is 0 Å². The van der Waals surface area contributed by atoms with Gasteiger partial charge in [-0.3, -0.25) is 0 Å². The summed E-state index contributed by atoms with van der Waals surface area (Å²) in [6, 6.07) is 18.2. The maximum absolute atomic E-state index is 2.41. The largest absolute Gasteiger partial charge is 0.0836 e. The fourth-order valence-electron chi connectivity index (χ4n) is 4.84. The zero-order valence-electron chi connectivity index (χ0n) is 18.4. The summed E-state index contributed by atoms with van der Waals surface area (Å²) in [4.78, 5) is 0. The lowest BCUT2D eigenvalue weighted by Gasteiger charge is -2.17. The standard InChI is InChI=1S/C31H30/c1-23-9-5-12-25(19-23)27-14-7-16-29(21-27)31-18-8-17-30(22-31)28-15-6-13-26(20-28)24-10-3-2-4-11-24/h3,6-7,9-11,13-16,18-22H,2,4-5,8,12,17H2,1H3. The van der Waals surface area contributed by atoms with Crippen LogP contribution in [0.3, 0.4) is 0 Å². The van der Waals surface area contributed by atoms with E-state index in [1.165, 1.54) is 50.1 Å². The predicted molar refractivity (Wildman–Crippen MR) is 135 cm³/mol. The highest BCUT2D eigenvalue weighted by Gasteiger charge is 2.13. The van der Waals surface area contributed by atoms with E-state index in [0.29, 0.717) is 0 Å². The van der Waals surface area contributed by atoms with Crippen molar-refractivity contribution in [1.29, 1.82) is 0 Å². The zero-order chi connectivity index (χ0) is 21.0. The normalized spacial score (nSPS) is 18.5. The first kappa shape index (κ1) is 19.8. The van der Waals surface area contributed by atoms with Crippen molar-refractivity contribution in [1.82, 2.24) is 0 Å². The van der Waals surface area contributed by atoms with Gasteiger partial charge in [0.05, 0.1) is 0 Å². The van der Waals surface area contributed by atoms with E-state index < -0.39 is 0 Å². The van der Waals surface area contributed by atoms with Gasteiger partial charge in [0.25, 0.3) is 0 Å². The van der Waals surface area contributed by atoms with Crippen LogP contribution in [0, 0.1) is 0 Å². The van der Waals surface area contributed by atoms with E-state index in [0.717, 1.165) is 38.5 Å². The van der Waals surface area contributed by atoms with Gasteiger partial charge in [-0.15, -0.1) is 0 Å². The molecule has 0 spiro atoms. The van der Waals surface area contributed by atoms with Crippen molar-refractivity contribution < 1.29 is 0 Å². The molecule has 0 saturated carbocycles. The maximum atomic E-state index is 2.41. The molecule has 0 bridgehead atoms. The van der Waals surface area contributed by atoms with Crippen LogP contribution in [-0.4, -0.2) is 0 Å². The lowest BCUT2D eigenvalue weighted by Crippen LogP contribution is -1.96. The number of rotatable bonds is 4. The minimum atomic E-state index is 1.10. The first-order valence-corrected chi connectivity index (χ1v) is 11.6. The minimum Gasteiger partial charge on any atom is -0.0836 e. The van der Waals surface area contributed by atoms with Crippen molar-refractivity contribution in [3.8, 4) is 0 Å². The van der Waals surface area contributed by atoms with Crippen LogP contribution in [0.25, 0.3) is 22.3 Å². The first-order chi connectivity index (χ1) is 15.3. The molecule has 0 aliphatic heterocycles. The van der Waals surface area contributed by atoms with Gasteiger partial charge >= 0.3 is 0 Å². The molecule has 0 radical (unpaired) electrons. The molecule has 0 nitrogen and oxygen atoms in total. The molecule has 0 heteroatoms. The summed E-state index contributed by atoms with van der Waals surface area (Å²) in [6.07, 6.45) is 23.2. The quantitative estimate of drug-likeness (QED) is 0.479. The Kier molecular flexibility index (Phi) is 5.71. The van der Waals surface area contributed by atoms with Gasteiger partial charge in [0.1, 0.15) is 0 Å². The van der Waals surface area contributed by atoms with E-state index >= 15 is 0 Å². The highest BCUT2D eigenvalue weighted by Crippen LogP contribution is 2.34. The molecule has 0 N–H and O–H groups in total. The van der Waals surface area contributed by atoms with E-state index in [9.17, 15) is 0 Å². The van der Waals surface area contributed by atoms with Crippen LogP contribution in [0.1, 0.15) is 67.7 Å². The van der Waals surface area contributed by atoms with Gasteiger partial charge < -0.3 is 0 Å². The van der Waals surface area contributed by atoms with Gasteiger partial charge in [0.2, 0.25) is 0 Å². The van der Waals surface area contributed by atoms with Crippen molar-refractivity contribution >= 4 is 22.3 Å². The van der Waals surface area contributed by atoms with E-state index in [2.05, 4.69) is 98.0 Å². The third kappa shape index (κ3) is 4.49. The fraction of sp³-hybridized carbons (Fsp3) is 0.226. The second-order valence-corrected chi connectivity index (χ2v) is 8.82. The summed E-state index contributed by atoms with van der Waals surface area (Å²) in [5, 5.41) is 0. The molecule has 0 heterocycles. The van der Waals surface area contributed by atoms with Crippen molar-refractivity contribution in [2.24, 2.45) is 0 Å². The number of hydrogen-bond acceptors (Lipinski definition) is 0. The molecule has 31 heavy (non-hydrogen) atoms. The summed E-state index contributed by atoms with van der Waals surface area (Å²) in [5.41, 5.74) is 12.4. The van der Waals surface area contributed by atoms with Crippen molar-refractivity contribution in [3.63, 3.8) is 0 Å². The van der Waals surface area contributed by atoms with Crippen molar-refractivity contribution in [2.75, 3.05) is 0 Å². The third-order valence-electron chi connectivity index (χ3n) is 6.52. The molecular formula is C31H30. The van der Waals surface area contributed by atoms with Crippen LogP contribution in [0.4, 0.5) is 0 Å². The molecule has 154 valence electrons. The predicted octanol–water partition coefficient (Wildman–Crippen LogP) is 8.80. The topological polar surface area (TPSA) is 0 Å². The Morgan fingerprint density at radius 2 is 1.19 bits per heavy atom. The van der Waals surface area contributed by atoms with Crippen LogP contribution in [0.15, 0.2) is 96.6 Å². The van der Waals surface area contributed by atoms with Gasteiger partial charge in [0.15, 0.2) is 0 Å². The Morgan fingerprint density at radius 1 is 0.581 bits per heavy atom. The van der Waals surface area contributed by atoms with E-state index in [1.54, 1.807) is 0 Å². The Hall–Kier alpha value is -3.12. The summed E-state index contributed by atoms with van der Waals surface area (Å²) in [7, 11) is 0. The SMILES string of the molecule is CC1=CCCC(c2cccc(C3=CCCC(c4cccc(C5=CCCC=C5)c4)=C3)c2)=C1. The van der Waals surface area contributed by atoms with Gasteiger partial charge in [0, 0.05) is 0 Å². The average Bonchev–Trinajstić information content (AvgIpc) is 2.85. The smallest absolute Gasteiger partial charge is 0.0181 e.